The molecular formula is C29H31ClN2O3. The van der Waals surface area contributed by atoms with Crippen molar-refractivity contribution < 1.29 is 14.7 Å². The number of rotatable bonds is 8. The number of carbonyl (C=O) groups excluding carboxylic acids is 1. The third-order valence-electron chi connectivity index (χ3n) is 7.11. The molecular weight excluding hydrogens is 460 g/mol. The van der Waals surface area contributed by atoms with Gasteiger partial charge in [0.05, 0.1) is 16.9 Å². The van der Waals surface area contributed by atoms with Gasteiger partial charge in [0.2, 0.25) is 5.91 Å². The van der Waals surface area contributed by atoms with Crippen molar-refractivity contribution >= 4 is 29.2 Å². The number of hydrogen-bond acceptors (Lipinski definition) is 3. The smallest absolute Gasteiger partial charge is 0.306 e. The summed E-state index contributed by atoms with van der Waals surface area (Å²) >= 11 is 6.10. The molecule has 1 amide bonds. The van der Waals surface area contributed by atoms with Crippen LogP contribution in [-0.2, 0) is 16.0 Å². The summed E-state index contributed by atoms with van der Waals surface area (Å²) in [5, 5.41) is 13.1. The highest BCUT2D eigenvalue weighted by atomic mass is 35.5. The molecule has 1 saturated carbocycles. The summed E-state index contributed by atoms with van der Waals surface area (Å²) in [5.41, 5.74) is 5.55. The number of carboxylic acids is 1. The predicted molar refractivity (Wildman–Crippen MR) is 140 cm³/mol. The Balaban J connectivity index is 1.58. The monoisotopic (exact) mass is 490 g/mol. The van der Waals surface area contributed by atoms with Crippen LogP contribution < -0.4 is 5.32 Å². The van der Waals surface area contributed by atoms with E-state index in [0.29, 0.717) is 17.4 Å². The van der Waals surface area contributed by atoms with Crippen molar-refractivity contribution in [1.29, 1.82) is 0 Å². The molecule has 0 spiro atoms. The molecule has 182 valence electrons. The summed E-state index contributed by atoms with van der Waals surface area (Å²) in [6, 6.07) is 15.7. The Bertz CT molecular complexity index is 1200. The SMILES string of the molecule is Cc1c(C[C@@H](C)C(=O)O)cccc1NC(=O)[C@H](c1ccc(-c2cncc(Cl)c2)cc1)C1CCCC1. The number of nitrogens with one attached hydrogen (secondary N) is 1. The van der Waals surface area contributed by atoms with E-state index in [0.717, 1.165) is 59.2 Å². The van der Waals surface area contributed by atoms with Gasteiger partial charge in [-0.1, -0.05) is 67.8 Å². The Morgan fingerprint density at radius 2 is 1.80 bits per heavy atom. The number of pyridine rings is 1. The highest BCUT2D eigenvalue weighted by molar-refractivity contribution is 6.30. The quantitative estimate of drug-likeness (QED) is 0.360. The zero-order valence-corrected chi connectivity index (χ0v) is 20.9. The highest BCUT2D eigenvalue weighted by Crippen LogP contribution is 2.39. The maximum atomic E-state index is 13.7. The molecule has 0 saturated heterocycles. The van der Waals surface area contributed by atoms with Crippen LogP contribution in [0.5, 0.6) is 0 Å². The molecule has 4 rings (SSSR count). The zero-order valence-electron chi connectivity index (χ0n) is 20.1. The van der Waals surface area contributed by atoms with Gasteiger partial charge < -0.3 is 10.4 Å². The largest absolute Gasteiger partial charge is 0.481 e. The molecule has 1 fully saturated rings. The van der Waals surface area contributed by atoms with Crippen molar-refractivity contribution in [2.75, 3.05) is 5.32 Å². The fourth-order valence-corrected chi connectivity index (χ4v) is 5.22. The van der Waals surface area contributed by atoms with E-state index in [9.17, 15) is 14.7 Å². The number of carbonyl (C=O) groups is 2. The molecule has 3 aromatic rings. The molecule has 1 aliphatic rings. The maximum absolute atomic E-state index is 13.7. The van der Waals surface area contributed by atoms with E-state index in [1.54, 1.807) is 19.3 Å². The van der Waals surface area contributed by atoms with Crippen molar-refractivity contribution in [2.24, 2.45) is 11.8 Å². The standard InChI is InChI=1S/C29H31ClN2O3/c1-18(29(34)35)14-23-8-5-9-26(19(23)2)32-28(33)27(21-6-3-4-7-21)22-12-10-20(11-13-22)24-15-25(30)17-31-16-24/h5,8-13,15-18,21,27H,3-4,6-7,14H2,1-2H3,(H,32,33)(H,34,35)/t18-,27+/m1/s1. The van der Waals surface area contributed by atoms with E-state index in [1.165, 1.54) is 0 Å². The summed E-state index contributed by atoms with van der Waals surface area (Å²) in [6.07, 6.45) is 8.17. The minimum atomic E-state index is -0.822. The average Bonchev–Trinajstić information content (AvgIpc) is 3.36. The fourth-order valence-electron chi connectivity index (χ4n) is 5.05. The third-order valence-corrected chi connectivity index (χ3v) is 7.32. The van der Waals surface area contributed by atoms with E-state index in [2.05, 4.69) is 10.3 Å². The first kappa shape index (κ1) is 24.9. The molecule has 6 heteroatoms. The molecule has 1 heterocycles. The molecule has 1 aromatic heterocycles. The van der Waals surface area contributed by atoms with E-state index < -0.39 is 11.9 Å². The summed E-state index contributed by atoms with van der Waals surface area (Å²) in [5.74, 6) is -1.27. The van der Waals surface area contributed by atoms with Crippen LogP contribution in [0.2, 0.25) is 5.02 Å². The second-order valence-electron chi connectivity index (χ2n) is 9.56. The maximum Gasteiger partial charge on any atom is 0.306 e. The number of benzene rings is 2. The van der Waals surface area contributed by atoms with Gasteiger partial charge >= 0.3 is 5.97 Å². The number of halogens is 1. The van der Waals surface area contributed by atoms with Crippen LogP contribution in [0.25, 0.3) is 11.1 Å². The molecule has 0 bridgehead atoms. The molecule has 2 atom stereocenters. The van der Waals surface area contributed by atoms with E-state index in [4.69, 9.17) is 11.6 Å². The van der Waals surface area contributed by atoms with Gasteiger partial charge in [-0.3, -0.25) is 14.6 Å². The van der Waals surface area contributed by atoms with Gasteiger partial charge in [0, 0.05) is 23.6 Å². The first-order valence-electron chi connectivity index (χ1n) is 12.2. The van der Waals surface area contributed by atoms with Crippen LogP contribution in [0.1, 0.15) is 55.2 Å². The zero-order chi connectivity index (χ0) is 24.9. The molecule has 0 unspecified atom stereocenters. The van der Waals surface area contributed by atoms with E-state index >= 15 is 0 Å². The van der Waals surface area contributed by atoms with Gasteiger partial charge in [0.25, 0.3) is 0 Å². The van der Waals surface area contributed by atoms with Crippen LogP contribution in [0.4, 0.5) is 5.69 Å². The topological polar surface area (TPSA) is 79.3 Å². The van der Waals surface area contributed by atoms with Crippen LogP contribution in [0.15, 0.2) is 60.9 Å². The van der Waals surface area contributed by atoms with Crippen molar-refractivity contribution in [1.82, 2.24) is 4.98 Å². The Morgan fingerprint density at radius 3 is 2.46 bits per heavy atom. The minimum Gasteiger partial charge on any atom is -0.481 e. The number of anilines is 1. The molecule has 2 N–H and O–H groups in total. The predicted octanol–water partition coefficient (Wildman–Crippen LogP) is 6.89. The molecule has 1 aliphatic carbocycles. The van der Waals surface area contributed by atoms with Crippen LogP contribution >= 0.6 is 11.6 Å². The highest BCUT2D eigenvalue weighted by Gasteiger charge is 2.32. The Labute approximate surface area is 211 Å². The van der Waals surface area contributed by atoms with Crippen molar-refractivity contribution in [3.8, 4) is 11.1 Å². The summed E-state index contributed by atoms with van der Waals surface area (Å²) < 4.78 is 0. The summed E-state index contributed by atoms with van der Waals surface area (Å²) in [6.45, 7) is 3.64. The molecule has 2 aromatic carbocycles. The number of nitrogens with zero attached hydrogens (tertiary/aromatic N) is 1. The second kappa shape index (κ2) is 11.0. The van der Waals surface area contributed by atoms with Crippen LogP contribution in [0, 0.1) is 18.8 Å². The van der Waals surface area contributed by atoms with E-state index in [1.807, 2.05) is 55.5 Å². The molecule has 5 nitrogen and oxygen atoms in total. The lowest BCUT2D eigenvalue weighted by Crippen LogP contribution is -2.27. The third kappa shape index (κ3) is 5.91. The average molecular weight is 491 g/mol. The van der Waals surface area contributed by atoms with Crippen molar-refractivity contribution in [3.63, 3.8) is 0 Å². The molecule has 0 aliphatic heterocycles. The van der Waals surface area contributed by atoms with Gasteiger partial charge in [-0.15, -0.1) is 0 Å². The fraction of sp³-hybridized carbons (Fsp3) is 0.345. The normalized spacial score (nSPS) is 15.5. The van der Waals surface area contributed by atoms with Gasteiger partial charge in [-0.05, 0) is 66.5 Å². The van der Waals surface area contributed by atoms with Crippen molar-refractivity contribution in [3.05, 3.63) is 82.6 Å². The number of hydrogen-bond donors (Lipinski definition) is 2. The number of carboxylic acid groups (broad SMARTS) is 1. The first-order valence-corrected chi connectivity index (χ1v) is 12.5. The van der Waals surface area contributed by atoms with Gasteiger partial charge in [-0.25, -0.2) is 0 Å². The van der Waals surface area contributed by atoms with Gasteiger partial charge in [0.15, 0.2) is 0 Å². The van der Waals surface area contributed by atoms with Crippen LogP contribution in [-0.4, -0.2) is 22.0 Å². The Hall–Kier alpha value is -3.18. The van der Waals surface area contributed by atoms with Gasteiger partial charge in [-0.2, -0.15) is 0 Å². The summed E-state index contributed by atoms with van der Waals surface area (Å²) in [7, 11) is 0. The second-order valence-corrected chi connectivity index (χ2v) is 9.99. The first-order chi connectivity index (χ1) is 16.8. The van der Waals surface area contributed by atoms with Gasteiger partial charge in [0.1, 0.15) is 0 Å². The van der Waals surface area contributed by atoms with E-state index in [-0.39, 0.29) is 11.8 Å². The Kier molecular flexibility index (Phi) is 7.86. The lowest BCUT2D eigenvalue weighted by atomic mass is 9.83. The minimum absolute atomic E-state index is 0.0133. The van der Waals surface area contributed by atoms with Crippen LogP contribution in [0.3, 0.4) is 0 Å². The molecule has 0 radical (unpaired) electrons. The van der Waals surface area contributed by atoms with Crippen molar-refractivity contribution in [2.45, 2.75) is 51.9 Å². The lowest BCUT2D eigenvalue weighted by molar-refractivity contribution is -0.141. The Morgan fingerprint density at radius 1 is 1.09 bits per heavy atom. The number of amides is 1. The summed E-state index contributed by atoms with van der Waals surface area (Å²) in [4.78, 5) is 29.2. The number of aliphatic carboxylic acids is 1. The number of aromatic nitrogens is 1. The molecule has 35 heavy (non-hydrogen) atoms. The lowest BCUT2D eigenvalue weighted by Gasteiger charge is -2.24.